The summed E-state index contributed by atoms with van der Waals surface area (Å²) in [5.41, 5.74) is 1.07. The van der Waals surface area contributed by atoms with Gasteiger partial charge in [0, 0.05) is 5.56 Å². The molecule has 0 aliphatic heterocycles. The molecular formula is C15H12Br2F2O. The third kappa shape index (κ3) is 3.20. The molecule has 0 aliphatic rings. The van der Waals surface area contributed by atoms with Crippen molar-refractivity contribution in [1.29, 1.82) is 0 Å². The van der Waals surface area contributed by atoms with Crippen molar-refractivity contribution < 1.29 is 13.5 Å². The van der Waals surface area contributed by atoms with Gasteiger partial charge >= 0.3 is 0 Å². The zero-order valence-corrected chi connectivity index (χ0v) is 13.8. The van der Waals surface area contributed by atoms with Gasteiger partial charge < -0.3 is 4.74 Å². The van der Waals surface area contributed by atoms with Gasteiger partial charge in [0.2, 0.25) is 0 Å². The highest BCUT2D eigenvalue weighted by Gasteiger charge is 2.18. The SMILES string of the molecule is CCOc1ccc(C(Br)c2cccc(F)c2F)cc1Br. The van der Waals surface area contributed by atoms with Crippen molar-refractivity contribution in [2.24, 2.45) is 0 Å². The summed E-state index contributed by atoms with van der Waals surface area (Å²) >= 11 is 6.82. The summed E-state index contributed by atoms with van der Waals surface area (Å²) in [6.07, 6.45) is 0. The highest BCUT2D eigenvalue weighted by Crippen LogP contribution is 2.36. The lowest BCUT2D eigenvalue weighted by Gasteiger charge is -2.14. The van der Waals surface area contributed by atoms with Crippen molar-refractivity contribution in [2.45, 2.75) is 11.8 Å². The zero-order chi connectivity index (χ0) is 14.7. The van der Waals surface area contributed by atoms with Crippen LogP contribution in [0.2, 0.25) is 0 Å². The Balaban J connectivity index is 2.36. The second-order valence-electron chi connectivity index (χ2n) is 4.13. The molecule has 0 saturated heterocycles. The minimum Gasteiger partial charge on any atom is -0.493 e. The molecule has 106 valence electrons. The number of benzene rings is 2. The minimum atomic E-state index is -0.850. The molecule has 1 atom stereocenters. The number of halogens is 4. The van der Waals surface area contributed by atoms with Gasteiger partial charge in [-0.3, -0.25) is 0 Å². The molecule has 0 spiro atoms. The average molecular weight is 406 g/mol. The molecular weight excluding hydrogens is 394 g/mol. The minimum absolute atomic E-state index is 0.265. The fourth-order valence-electron chi connectivity index (χ4n) is 1.84. The van der Waals surface area contributed by atoms with Crippen LogP contribution in [0.5, 0.6) is 5.75 Å². The van der Waals surface area contributed by atoms with Crippen LogP contribution in [0.3, 0.4) is 0 Å². The predicted octanol–water partition coefficient (Wildman–Crippen LogP) is 5.61. The number of ether oxygens (including phenoxy) is 1. The molecule has 0 aromatic heterocycles. The number of hydrogen-bond acceptors (Lipinski definition) is 1. The Labute approximate surface area is 133 Å². The molecule has 0 fully saturated rings. The monoisotopic (exact) mass is 404 g/mol. The van der Waals surface area contributed by atoms with E-state index in [1.165, 1.54) is 6.07 Å². The van der Waals surface area contributed by atoms with E-state index in [4.69, 9.17) is 4.74 Å². The van der Waals surface area contributed by atoms with Crippen LogP contribution in [-0.4, -0.2) is 6.61 Å². The summed E-state index contributed by atoms with van der Waals surface area (Å²) in [6.45, 7) is 2.46. The first-order valence-corrected chi connectivity index (χ1v) is 7.75. The van der Waals surface area contributed by atoms with Crippen LogP contribution in [0.15, 0.2) is 40.9 Å². The maximum atomic E-state index is 13.8. The van der Waals surface area contributed by atoms with Gasteiger partial charge in [-0.25, -0.2) is 8.78 Å². The van der Waals surface area contributed by atoms with Crippen LogP contribution in [-0.2, 0) is 0 Å². The first kappa shape index (κ1) is 15.4. The van der Waals surface area contributed by atoms with Crippen LogP contribution >= 0.6 is 31.9 Å². The summed E-state index contributed by atoms with van der Waals surface area (Å²) in [6, 6.07) is 9.60. The Morgan fingerprint density at radius 1 is 1.20 bits per heavy atom. The Kier molecular flexibility index (Phi) is 5.16. The molecule has 5 heteroatoms. The molecule has 2 aromatic rings. The first-order valence-electron chi connectivity index (χ1n) is 6.04. The van der Waals surface area contributed by atoms with E-state index < -0.39 is 16.5 Å². The molecule has 0 amide bonds. The van der Waals surface area contributed by atoms with Crippen molar-refractivity contribution in [3.8, 4) is 5.75 Å². The van der Waals surface area contributed by atoms with E-state index in [-0.39, 0.29) is 5.56 Å². The normalized spacial score (nSPS) is 12.2. The summed E-state index contributed by atoms with van der Waals surface area (Å²) in [5, 5.41) is 0. The van der Waals surface area contributed by atoms with Crippen molar-refractivity contribution in [3.63, 3.8) is 0 Å². The van der Waals surface area contributed by atoms with E-state index in [2.05, 4.69) is 31.9 Å². The maximum absolute atomic E-state index is 13.8. The van der Waals surface area contributed by atoms with Crippen molar-refractivity contribution in [2.75, 3.05) is 6.61 Å². The lowest BCUT2D eigenvalue weighted by atomic mass is 10.0. The van der Waals surface area contributed by atoms with Crippen LogP contribution < -0.4 is 4.74 Å². The van der Waals surface area contributed by atoms with Gasteiger partial charge in [0.15, 0.2) is 11.6 Å². The molecule has 0 radical (unpaired) electrons. The Morgan fingerprint density at radius 3 is 2.60 bits per heavy atom. The largest absolute Gasteiger partial charge is 0.493 e. The van der Waals surface area contributed by atoms with Gasteiger partial charge in [0.1, 0.15) is 5.75 Å². The predicted molar refractivity (Wildman–Crippen MR) is 82.4 cm³/mol. The summed E-state index contributed by atoms with van der Waals surface area (Å²) < 4.78 is 33.3. The summed E-state index contributed by atoms with van der Waals surface area (Å²) in [7, 11) is 0. The van der Waals surface area contributed by atoms with Gasteiger partial charge in [0.05, 0.1) is 15.9 Å². The Morgan fingerprint density at radius 2 is 1.95 bits per heavy atom. The summed E-state index contributed by atoms with van der Waals surface area (Å²) in [4.78, 5) is -0.426. The standard InChI is InChI=1S/C15H12Br2F2O/c1-2-20-13-7-6-9(8-11(13)16)14(17)10-4-3-5-12(18)15(10)19/h3-8,14H,2H2,1H3. The van der Waals surface area contributed by atoms with E-state index in [0.29, 0.717) is 6.61 Å². The van der Waals surface area contributed by atoms with Crippen LogP contribution in [0.4, 0.5) is 8.78 Å². The van der Waals surface area contributed by atoms with E-state index in [9.17, 15) is 8.78 Å². The van der Waals surface area contributed by atoms with Crippen LogP contribution in [0, 0.1) is 11.6 Å². The van der Waals surface area contributed by atoms with Crippen molar-refractivity contribution in [3.05, 3.63) is 63.6 Å². The zero-order valence-electron chi connectivity index (χ0n) is 10.7. The van der Waals surface area contributed by atoms with Crippen molar-refractivity contribution >= 4 is 31.9 Å². The lowest BCUT2D eigenvalue weighted by molar-refractivity contribution is 0.338. The fourth-order valence-corrected chi connectivity index (χ4v) is 2.99. The highest BCUT2D eigenvalue weighted by atomic mass is 79.9. The molecule has 20 heavy (non-hydrogen) atoms. The number of rotatable bonds is 4. The smallest absolute Gasteiger partial charge is 0.163 e. The van der Waals surface area contributed by atoms with E-state index in [1.54, 1.807) is 12.1 Å². The first-order chi connectivity index (χ1) is 9.54. The maximum Gasteiger partial charge on any atom is 0.163 e. The molecule has 1 nitrogen and oxygen atoms in total. The molecule has 0 heterocycles. The molecule has 0 bridgehead atoms. The number of hydrogen-bond donors (Lipinski definition) is 0. The van der Waals surface area contributed by atoms with E-state index in [1.807, 2.05) is 19.1 Å². The summed E-state index contributed by atoms with van der Waals surface area (Å²) in [5.74, 6) is -0.966. The molecule has 1 unspecified atom stereocenters. The van der Waals surface area contributed by atoms with E-state index >= 15 is 0 Å². The van der Waals surface area contributed by atoms with Gasteiger partial charge in [-0.1, -0.05) is 34.1 Å². The Hall–Kier alpha value is -0.940. The quantitative estimate of drug-likeness (QED) is 0.600. The van der Waals surface area contributed by atoms with Crippen LogP contribution in [0.1, 0.15) is 22.9 Å². The highest BCUT2D eigenvalue weighted by molar-refractivity contribution is 9.10. The molecule has 2 aromatic carbocycles. The molecule has 0 N–H and O–H groups in total. The van der Waals surface area contributed by atoms with E-state index in [0.717, 1.165) is 21.9 Å². The molecule has 2 rings (SSSR count). The topological polar surface area (TPSA) is 9.23 Å². The van der Waals surface area contributed by atoms with Gasteiger partial charge in [-0.05, 0) is 46.6 Å². The third-order valence-corrected chi connectivity index (χ3v) is 4.44. The van der Waals surface area contributed by atoms with Gasteiger partial charge in [0.25, 0.3) is 0 Å². The van der Waals surface area contributed by atoms with Crippen LogP contribution in [0.25, 0.3) is 0 Å². The average Bonchev–Trinajstić information content (AvgIpc) is 2.43. The van der Waals surface area contributed by atoms with Gasteiger partial charge in [-0.15, -0.1) is 0 Å². The molecule has 0 aliphatic carbocycles. The second-order valence-corrected chi connectivity index (χ2v) is 5.90. The second kappa shape index (κ2) is 6.68. The van der Waals surface area contributed by atoms with Gasteiger partial charge in [-0.2, -0.15) is 0 Å². The molecule has 0 saturated carbocycles. The fraction of sp³-hybridized carbons (Fsp3) is 0.200. The number of alkyl halides is 1. The van der Waals surface area contributed by atoms with Crippen molar-refractivity contribution in [1.82, 2.24) is 0 Å². The lowest BCUT2D eigenvalue weighted by Crippen LogP contribution is -2.00. The third-order valence-electron chi connectivity index (χ3n) is 2.80. The Bertz CT molecular complexity index is 617.